The predicted molar refractivity (Wildman–Crippen MR) is 112 cm³/mol. The zero-order valence-corrected chi connectivity index (χ0v) is 17.7. The number of aromatic nitrogens is 1. The molecular weight excluding hydrogens is 441 g/mol. The SMILES string of the molecule is Cc1ccc(S(=O)(=O)NC(=O)Nc2ncc(Cc3cc(Cl)ccc3Cl)s2)cc1. The lowest BCUT2D eigenvalue weighted by Crippen LogP contribution is -2.34. The Morgan fingerprint density at radius 2 is 1.86 bits per heavy atom. The molecule has 2 N–H and O–H groups in total. The zero-order valence-electron chi connectivity index (χ0n) is 14.6. The molecule has 0 bridgehead atoms. The third-order valence-corrected chi connectivity index (χ3v) is 6.57. The number of thiazole rings is 1. The fourth-order valence-electron chi connectivity index (χ4n) is 2.33. The standard InChI is InChI=1S/C18H15Cl2N3O3S2/c1-11-2-5-15(6-3-11)28(25,26)23-17(24)22-18-21-10-14(27-18)9-12-8-13(19)4-7-16(12)20/h2-8,10H,9H2,1H3,(H2,21,22,23,24). The molecule has 10 heteroatoms. The van der Waals surface area contributed by atoms with Crippen molar-refractivity contribution in [2.75, 3.05) is 5.32 Å². The van der Waals surface area contributed by atoms with Gasteiger partial charge in [-0.2, -0.15) is 0 Å². The zero-order chi connectivity index (χ0) is 20.3. The van der Waals surface area contributed by atoms with E-state index < -0.39 is 16.1 Å². The minimum absolute atomic E-state index is 0.00340. The lowest BCUT2D eigenvalue weighted by molar-refractivity contribution is 0.256. The second-order valence-corrected chi connectivity index (χ2v) is 9.56. The Morgan fingerprint density at radius 3 is 2.57 bits per heavy atom. The van der Waals surface area contributed by atoms with Gasteiger partial charge < -0.3 is 0 Å². The highest BCUT2D eigenvalue weighted by Gasteiger charge is 2.18. The van der Waals surface area contributed by atoms with Crippen molar-refractivity contribution in [3.8, 4) is 0 Å². The largest absolute Gasteiger partial charge is 0.334 e. The summed E-state index contributed by atoms with van der Waals surface area (Å²) in [7, 11) is -3.97. The van der Waals surface area contributed by atoms with Crippen molar-refractivity contribution in [2.24, 2.45) is 0 Å². The maximum absolute atomic E-state index is 12.2. The number of sulfonamides is 1. The number of urea groups is 1. The van der Waals surface area contributed by atoms with Gasteiger partial charge >= 0.3 is 6.03 Å². The molecule has 0 aliphatic carbocycles. The summed E-state index contributed by atoms with van der Waals surface area (Å²) >= 11 is 13.4. The summed E-state index contributed by atoms with van der Waals surface area (Å²) in [5, 5.41) is 3.85. The average molecular weight is 456 g/mol. The fourth-order valence-corrected chi connectivity index (χ4v) is 4.45. The first-order valence-corrected chi connectivity index (χ1v) is 11.1. The van der Waals surface area contributed by atoms with Crippen LogP contribution in [-0.4, -0.2) is 19.4 Å². The molecule has 0 atom stereocenters. The van der Waals surface area contributed by atoms with Crippen LogP contribution >= 0.6 is 34.5 Å². The summed E-state index contributed by atoms with van der Waals surface area (Å²) in [6.45, 7) is 1.84. The minimum atomic E-state index is -3.97. The second-order valence-electron chi connectivity index (χ2n) is 5.92. The predicted octanol–water partition coefficient (Wildman–Crippen LogP) is 4.86. The van der Waals surface area contributed by atoms with Gasteiger partial charge in [0.2, 0.25) is 0 Å². The highest BCUT2D eigenvalue weighted by molar-refractivity contribution is 7.90. The smallest absolute Gasteiger partial charge is 0.283 e. The molecule has 0 unspecified atom stereocenters. The van der Waals surface area contributed by atoms with Crippen molar-refractivity contribution >= 4 is 55.7 Å². The highest BCUT2D eigenvalue weighted by Crippen LogP contribution is 2.27. The van der Waals surface area contributed by atoms with Gasteiger partial charge in [0, 0.05) is 27.5 Å². The molecule has 1 aromatic heterocycles. The number of carbonyl (C=O) groups is 1. The monoisotopic (exact) mass is 455 g/mol. The van der Waals surface area contributed by atoms with Gasteiger partial charge in [-0.3, -0.25) is 5.32 Å². The molecule has 3 rings (SSSR count). The molecule has 28 heavy (non-hydrogen) atoms. The quantitative estimate of drug-likeness (QED) is 0.574. The number of hydrogen-bond donors (Lipinski definition) is 2. The van der Waals surface area contributed by atoms with Crippen LogP contribution in [0.25, 0.3) is 0 Å². The average Bonchev–Trinajstić information content (AvgIpc) is 3.04. The molecule has 0 aliphatic rings. The third kappa shape index (κ3) is 5.23. The first kappa shape index (κ1) is 20.6. The van der Waals surface area contributed by atoms with Crippen LogP contribution in [0.3, 0.4) is 0 Å². The molecule has 0 spiro atoms. The van der Waals surface area contributed by atoms with Gasteiger partial charge in [0.1, 0.15) is 0 Å². The summed E-state index contributed by atoms with van der Waals surface area (Å²) in [5.74, 6) is 0. The molecule has 6 nitrogen and oxygen atoms in total. The first-order valence-electron chi connectivity index (χ1n) is 8.02. The van der Waals surface area contributed by atoms with Crippen LogP contribution in [0.5, 0.6) is 0 Å². The van der Waals surface area contributed by atoms with E-state index in [2.05, 4.69) is 10.3 Å². The Bertz CT molecular complexity index is 1110. The fraction of sp³-hybridized carbons (Fsp3) is 0.111. The van der Waals surface area contributed by atoms with Crippen LogP contribution in [0.15, 0.2) is 53.6 Å². The van der Waals surface area contributed by atoms with Crippen molar-refractivity contribution in [3.63, 3.8) is 0 Å². The van der Waals surface area contributed by atoms with Crippen LogP contribution < -0.4 is 10.0 Å². The van der Waals surface area contributed by atoms with E-state index in [1.807, 2.05) is 11.6 Å². The highest BCUT2D eigenvalue weighted by atomic mass is 35.5. The topological polar surface area (TPSA) is 88.2 Å². The number of nitrogens with one attached hydrogen (secondary N) is 2. The molecule has 3 aromatic rings. The Hall–Kier alpha value is -2.13. The van der Waals surface area contributed by atoms with Gasteiger partial charge in [-0.1, -0.05) is 40.9 Å². The summed E-state index contributed by atoms with van der Waals surface area (Å²) in [6, 6.07) is 10.5. The number of nitrogens with zero attached hydrogens (tertiary/aromatic N) is 1. The molecule has 0 radical (unpaired) electrons. The lowest BCUT2D eigenvalue weighted by atomic mass is 10.1. The van der Waals surface area contributed by atoms with E-state index in [1.165, 1.54) is 23.5 Å². The molecule has 0 aliphatic heterocycles. The molecule has 2 aromatic carbocycles. The van der Waals surface area contributed by atoms with E-state index in [9.17, 15) is 13.2 Å². The van der Waals surface area contributed by atoms with Gasteiger partial charge in [0.25, 0.3) is 10.0 Å². The molecular formula is C18H15Cl2N3O3S2. The Morgan fingerprint density at radius 1 is 1.14 bits per heavy atom. The van der Waals surface area contributed by atoms with Crippen molar-refractivity contribution in [3.05, 3.63) is 74.7 Å². The maximum atomic E-state index is 12.2. The van der Waals surface area contributed by atoms with E-state index in [0.29, 0.717) is 16.5 Å². The van der Waals surface area contributed by atoms with Crippen LogP contribution in [0, 0.1) is 6.92 Å². The minimum Gasteiger partial charge on any atom is -0.283 e. The molecule has 0 fully saturated rings. The summed E-state index contributed by atoms with van der Waals surface area (Å²) in [4.78, 5) is 17.0. The number of amides is 2. The molecule has 2 amide bonds. The number of aryl methyl sites for hydroxylation is 1. The Labute approximate surface area is 176 Å². The van der Waals surface area contributed by atoms with Gasteiger partial charge in [-0.25, -0.2) is 22.9 Å². The van der Waals surface area contributed by atoms with Crippen LogP contribution in [-0.2, 0) is 16.4 Å². The van der Waals surface area contributed by atoms with Crippen molar-refractivity contribution in [1.82, 2.24) is 9.71 Å². The summed E-state index contributed by atoms with van der Waals surface area (Å²) in [6.07, 6.45) is 2.08. The van der Waals surface area contributed by atoms with E-state index in [0.717, 1.165) is 16.0 Å². The van der Waals surface area contributed by atoms with Crippen molar-refractivity contribution in [2.45, 2.75) is 18.2 Å². The number of carbonyl (C=O) groups excluding carboxylic acids is 1. The molecule has 0 saturated heterocycles. The molecule has 1 heterocycles. The molecule has 0 saturated carbocycles. The van der Waals surface area contributed by atoms with E-state index in [-0.39, 0.29) is 10.0 Å². The molecule has 146 valence electrons. The van der Waals surface area contributed by atoms with E-state index >= 15 is 0 Å². The summed E-state index contributed by atoms with van der Waals surface area (Å²) in [5.41, 5.74) is 1.74. The Kier molecular flexibility index (Phi) is 6.24. The number of rotatable bonds is 5. The van der Waals surface area contributed by atoms with Gasteiger partial charge in [-0.05, 0) is 42.8 Å². The van der Waals surface area contributed by atoms with E-state index in [4.69, 9.17) is 23.2 Å². The number of benzene rings is 2. The van der Waals surface area contributed by atoms with Gasteiger partial charge in [0.15, 0.2) is 5.13 Å². The van der Waals surface area contributed by atoms with Gasteiger partial charge in [0.05, 0.1) is 4.90 Å². The lowest BCUT2D eigenvalue weighted by Gasteiger charge is -2.07. The Balaban J connectivity index is 1.65. The van der Waals surface area contributed by atoms with Crippen molar-refractivity contribution < 1.29 is 13.2 Å². The van der Waals surface area contributed by atoms with Crippen LogP contribution in [0.2, 0.25) is 10.0 Å². The normalized spacial score (nSPS) is 11.2. The number of halogens is 2. The summed E-state index contributed by atoms with van der Waals surface area (Å²) < 4.78 is 26.5. The number of hydrogen-bond acceptors (Lipinski definition) is 5. The van der Waals surface area contributed by atoms with E-state index in [1.54, 1.807) is 36.5 Å². The van der Waals surface area contributed by atoms with Crippen molar-refractivity contribution in [1.29, 1.82) is 0 Å². The second kappa shape index (κ2) is 8.48. The number of anilines is 1. The first-order chi connectivity index (χ1) is 13.2. The van der Waals surface area contributed by atoms with Crippen LogP contribution in [0.1, 0.15) is 16.0 Å². The van der Waals surface area contributed by atoms with Crippen LogP contribution in [0.4, 0.5) is 9.93 Å². The third-order valence-electron chi connectivity index (χ3n) is 3.70. The van der Waals surface area contributed by atoms with Gasteiger partial charge in [-0.15, -0.1) is 11.3 Å². The maximum Gasteiger partial charge on any atom is 0.334 e.